The highest BCUT2D eigenvalue weighted by Gasteiger charge is 2.12. The number of halogens is 1. The van der Waals surface area contributed by atoms with Crippen molar-refractivity contribution in [1.29, 1.82) is 0 Å². The lowest BCUT2D eigenvalue weighted by atomic mass is 10.2. The number of nitro benzene ring substituents is 1. The molecule has 0 radical (unpaired) electrons. The van der Waals surface area contributed by atoms with E-state index in [4.69, 9.17) is 16.0 Å². The molecule has 0 unspecified atom stereocenters. The summed E-state index contributed by atoms with van der Waals surface area (Å²) in [6.07, 6.45) is 1.53. The Morgan fingerprint density at radius 2 is 2.05 bits per heavy atom. The molecule has 0 atom stereocenters. The van der Waals surface area contributed by atoms with Gasteiger partial charge >= 0.3 is 0 Å². The molecule has 2 rings (SSSR count). The number of carbonyl (C=O) groups excluding carboxylic acids is 1. The van der Waals surface area contributed by atoms with Crippen LogP contribution in [0.3, 0.4) is 0 Å². The largest absolute Gasteiger partial charge is 0.466 e. The van der Waals surface area contributed by atoms with Crippen LogP contribution in [-0.2, 0) is 17.6 Å². The second-order valence-electron chi connectivity index (χ2n) is 4.69. The lowest BCUT2D eigenvalue weighted by Crippen LogP contribution is -2.12. The zero-order valence-electron chi connectivity index (χ0n) is 12.0. The van der Waals surface area contributed by atoms with Crippen LogP contribution < -0.4 is 5.32 Å². The van der Waals surface area contributed by atoms with Gasteiger partial charge in [0, 0.05) is 31.4 Å². The number of anilines is 1. The highest BCUT2D eigenvalue weighted by molar-refractivity contribution is 6.33. The van der Waals surface area contributed by atoms with E-state index in [-0.39, 0.29) is 23.0 Å². The average Bonchev–Trinajstić information content (AvgIpc) is 2.95. The summed E-state index contributed by atoms with van der Waals surface area (Å²) in [5.74, 6) is 1.40. The second kappa shape index (κ2) is 7.09. The summed E-state index contributed by atoms with van der Waals surface area (Å²) in [7, 11) is 0. The number of nitrogens with zero attached hydrogens (tertiary/aromatic N) is 1. The fraction of sp³-hybridized carbons (Fsp3) is 0.267. The third-order valence-electron chi connectivity index (χ3n) is 3.10. The Morgan fingerprint density at radius 1 is 1.32 bits per heavy atom. The number of carbonyl (C=O) groups is 1. The third-order valence-corrected chi connectivity index (χ3v) is 3.41. The SMILES string of the molecule is CCc1ccc(CCC(=O)Nc2ccc([N+](=O)[O-])cc2Cl)o1. The quantitative estimate of drug-likeness (QED) is 0.644. The van der Waals surface area contributed by atoms with E-state index in [0.29, 0.717) is 12.1 Å². The Balaban J connectivity index is 1.93. The van der Waals surface area contributed by atoms with Gasteiger partial charge in [-0.15, -0.1) is 0 Å². The van der Waals surface area contributed by atoms with Gasteiger partial charge in [0.15, 0.2) is 0 Å². The Morgan fingerprint density at radius 3 is 2.64 bits per heavy atom. The maximum atomic E-state index is 11.9. The molecule has 0 saturated carbocycles. The fourth-order valence-corrected chi connectivity index (χ4v) is 2.14. The van der Waals surface area contributed by atoms with Gasteiger partial charge in [-0.2, -0.15) is 0 Å². The van der Waals surface area contributed by atoms with Crippen molar-refractivity contribution in [1.82, 2.24) is 0 Å². The van der Waals surface area contributed by atoms with E-state index in [1.54, 1.807) is 0 Å². The van der Waals surface area contributed by atoms with Crippen molar-refractivity contribution in [2.24, 2.45) is 0 Å². The minimum Gasteiger partial charge on any atom is -0.466 e. The Hall–Kier alpha value is -2.34. The molecule has 0 bridgehead atoms. The molecular formula is C15H15ClN2O4. The first kappa shape index (κ1) is 16.0. The summed E-state index contributed by atoms with van der Waals surface area (Å²) in [4.78, 5) is 22.0. The molecule has 116 valence electrons. The van der Waals surface area contributed by atoms with E-state index in [9.17, 15) is 14.9 Å². The first-order valence-electron chi connectivity index (χ1n) is 6.81. The van der Waals surface area contributed by atoms with Crippen molar-refractivity contribution in [2.45, 2.75) is 26.2 Å². The van der Waals surface area contributed by atoms with Crippen molar-refractivity contribution >= 4 is 28.9 Å². The van der Waals surface area contributed by atoms with Crippen LogP contribution in [0.4, 0.5) is 11.4 Å². The van der Waals surface area contributed by atoms with Gasteiger partial charge in [-0.3, -0.25) is 14.9 Å². The molecule has 22 heavy (non-hydrogen) atoms. The van der Waals surface area contributed by atoms with Crippen LogP contribution in [-0.4, -0.2) is 10.8 Å². The number of nitrogens with one attached hydrogen (secondary N) is 1. The lowest BCUT2D eigenvalue weighted by Gasteiger charge is -2.06. The van der Waals surface area contributed by atoms with Gasteiger partial charge in [0.25, 0.3) is 5.69 Å². The van der Waals surface area contributed by atoms with Gasteiger partial charge in [0.1, 0.15) is 11.5 Å². The number of furan rings is 1. The van der Waals surface area contributed by atoms with E-state index in [1.807, 2.05) is 19.1 Å². The molecule has 0 aliphatic heterocycles. The zero-order chi connectivity index (χ0) is 16.1. The predicted octanol–water partition coefficient (Wildman–Crippen LogP) is 3.97. The number of amides is 1. The van der Waals surface area contributed by atoms with Crippen LogP contribution in [0.1, 0.15) is 24.9 Å². The molecule has 1 amide bonds. The predicted molar refractivity (Wildman–Crippen MR) is 83.1 cm³/mol. The molecule has 0 aliphatic rings. The smallest absolute Gasteiger partial charge is 0.271 e. The molecule has 1 N–H and O–H groups in total. The highest BCUT2D eigenvalue weighted by atomic mass is 35.5. The van der Waals surface area contributed by atoms with Crippen LogP contribution in [0.15, 0.2) is 34.7 Å². The molecule has 7 heteroatoms. The first-order chi connectivity index (χ1) is 10.5. The van der Waals surface area contributed by atoms with Gasteiger partial charge in [0.05, 0.1) is 15.6 Å². The van der Waals surface area contributed by atoms with E-state index in [1.165, 1.54) is 18.2 Å². The maximum Gasteiger partial charge on any atom is 0.271 e. The second-order valence-corrected chi connectivity index (χ2v) is 5.10. The Labute approximate surface area is 132 Å². The molecule has 2 aromatic rings. The topological polar surface area (TPSA) is 85.4 Å². The maximum absolute atomic E-state index is 11.9. The molecule has 1 aromatic carbocycles. The third kappa shape index (κ3) is 4.08. The number of hydrogen-bond acceptors (Lipinski definition) is 4. The summed E-state index contributed by atoms with van der Waals surface area (Å²) >= 11 is 5.92. The summed E-state index contributed by atoms with van der Waals surface area (Å²) in [6.45, 7) is 1.99. The fourth-order valence-electron chi connectivity index (χ4n) is 1.92. The Bertz CT molecular complexity index is 697. The van der Waals surface area contributed by atoms with Crippen LogP contribution in [0, 0.1) is 10.1 Å². The first-order valence-corrected chi connectivity index (χ1v) is 7.18. The number of non-ortho nitro benzene ring substituents is 1. The van der Waals surface area contributed by atoms with E-state index in [2.05, 4.69) is 5.32 Å². The van der Waals surface area contributed by atoms with Crippen molar-refractivity contribution in [2.75, 3.05) is 5.32 Å². The minimum absolute atomic E-state index is 0.120. The van der Waals surface area contributed by atoms with Crippen molar-refractivity contribution in [3.8, 4) is 0 Å². The molecule has 1 heterocycles. The molecule has 0 aliphatic carbocycles. The summed E-state index contributed by atoms with van der Waals surface area (Å²) in [5, 5.41) is 13.4. The number of rotatable bonds is 6. The molecular weight excluding hydrogens is 308 g/mol. The van der Waals surface area contributed by atoms with Crippen molar-refractivity contribution < 1.29 is 14.1 Å². The standard InChI is InChI=1S/C15H15ClN2O4/c1-2-11-4-5-12(22-11)6-8-15(19)17-14-7-3-10(18(20)21)9-13(14)16/h3-5,7,9H,2,6,8H2,1H3,(H,17,19). The highest BCUT2D eigenvalue weighted by Crippen LogP contribution is 2.26. The van der Waals surface area contributed by atoms with E-state index >= 15 is 0 Å². The number of aryl methyl sites for hydroxylation is 2. The van der Waals surface area contributed by atoms with Crippen LogP contribution in [0.25, 0.3) is 0 Å². The van der Waals surface area contributed by atoms with Crippen molar-refractivity contribution in [3.05, 3.63) is 57.0 Å². The van der Waals surface area contributed by atoms with Crippen LogP contribution >= 0.6 is 11.6 Å². The summed E-state index contributed by atoms with van der Waals surface area (Å²) in [5.41, 5.74) is 0.233. The van der Waals surface area contributed by atoms with Gasteiger partial charge in [-0.05, 0) is 18.2 Å². The zero-order valence-corrected chi connectivity index (χ0v) is 12.7. The average molecular weight is 323 g/mol. The van der Waals surface area contributed by atoms with Gasteiger partial charge in [-0.25, -0.2) is 0 Å². The van der Waals surface area contributed by atoms with Gasteiger partial charge < -0.3 is 9.73 Å². The molecule has 0 fully saturated rings. The lowest BCUT2D eigenvalue weighted by molar-refractivity contribution is -0.384. The normalized spacial score (nSPS) is 10.5. The molecule has 0 saturated heterocycles. The van der Waals surface area contributed by atoms with E-state index in [0.717, 1.165) is 17.9 Å². The summed E-state index contributed by atoms with van der Waals surface area (Å²) < 4.78 is 5.52. The number of nitro groups is 1. The molecule has 6 nitrogen and oxygen atoms in total. The number of hydrogen-bond donors (Lipinski definition) is 1. The van der Waals surface area contributed by atoms with Crippen molar-refractivity contribution in [3.63, 3.8) is 0 Å². The van der Waals surface area contributed by atoms with E-state index < -0.39 is 4.92 Å². The molecule has 0 spiro atoms. The van der Waals surface area contributed by atoms with Crippen LogP contribution in [0.2, 0.25) is 5.02 Å². The summed E-state index contributed by atoms with van der Waals surface area (Å²) in [6, 6.07) is 7.66. The Kier molecular flexibility index (Phi) is 5.16. The minimum atomic E-state index is -0.542. The molecule has 1 aromatic heterocycles. The monoisotopic (exact) mass is 322 g/mol. The van der Waals surface area contributed by atoms with Crippen LogP contribution in [0.5, 0.6) is 0 Å². The van der Waals surface area contributed by atoms with Gasteiger partial charge in [-0.1, -0.05) is 18.5 Å². The number of benzene rings is 1. The van der Waals surface area contributed by atoms with Gasteiger partial charge in [0.2, 0.25) is 5.91 Å².